The predicted octanol–water partition coefficient (Wildman–Crippen LogP) is 2.84. The predicted molar refractivity (Wildman–Crippen MR) is 43.7 cm³/mol. The largest absolute Gasteiger partial charge is 0.0807 e. The second-order valence-corrected chi connectivity index (χ2v) is 3.00. The first-order valence-electron chi connectivity index (χ1n) is 4.00. The molecule has 0 aromatic carbocycles. The molecule has 0 heterocycles. The molecule has 1 fully saturated rings. The summed E-state index contributed by atoms with van der Waals surface area (Å²) in [5, 5.41) is 0. The Hall–Kier alpha value is -0.780. The first-order valence-corrected chi connectivity index (χ1v) is 4.00. The van der Waals surface area contributed by atoms with E-state index in [1.165, 1.54) is 12.8 Å². The molecule has 0 atom stereocenters. The summed E-state index contributed by atoms with van der Waals surface area (Å²) in [6, 6.07) is 0. The van der Waals surface area contributed by atoms with Gasteiger partial charge in [0.1, 0.15) is 0 Å². The van der Waals surface area contributed by atoms with Crippen molar-refractivity contribution < 1.29 is 0 Å². The van der Waals surface area contributed by atoms with Crippen LogP contribution in [0.4, 0.5) is 0 Å². The summed E-state index contributed by atoms with van der Waals surface area (Å²) in [5.41, 5.74) is 1.56. The topological polar surface area (TPSA) is 0 Å². The van der Waals surface area contributed by atoms with Gasteiger partial charge in [0.2, 0.25) is 0 Å². The average Bonchev–Trinajstić information content (AvgIpc) is 2.76. The maximum atomic E-state index is 2.34. The minimum absolute atomic E-state index is 0.913. The first kappa shape index (κ1) is 5.96. The van der Waals surface area contributed by atoms with Crippen LogP contribution in [0.1, 0.15) is 19.3 Å². The van der Waals surface area contributed by atoms with E-state index < -0.39 is 0 Å². The summed E-state index contributed by atoms with van der Waals surface area (Å²) in [5.74, 6) is 0.913. The zero-order chi connectivity index (χ0) is 6.81. The van der Waals surface area contributed by atoms with Gasteiger partial charge in [-0.05, 0) is 30.8 Å². The van der Waals surface area contributed by atoms with Gasteiger partial charge < -0.3 is 0 Å². The van der Waals surface area contributed by atoms with Gasteiger partial charge in [-0.3, -0.25) is 0 Å². The van der Waals surface area contributed by atoms with Gasteiger partial charge in [-0.2, -0.15) is 0 Å². The average molecular weight is 132 g/mol. The second-order valence-electron chi connectivity index (χ2n) is 3.00. The maximum Gasteiger partial charge on any atom is -0.0160 e. The Morgan fingerprint density at radius 1 is 1.20 bits per heavy atom. The van der Waals surface area contributed by atoms with Crippen LogP contribution in [0.25, 0.3) is 0 Å². The van der Waals surface area contributed by atoms with Crippen LogP contribution in [-0.2, 0) is 0 Å². The van der Waals surface area contributed by atoms with E-state index in [0.29, 0.717) is 0 Å². The van der Waals surface area contributed by atoms with Gasteiger partial charge in [-0.25, -0.2) is 0 Å². The number of allylic oxidation sites excluding steroid dienone is 6. The third-order valence-corrected chi connectivity index (χ3v) is 2.07. The number of hydrogen-bond donors (Lipinski definition) is 0. The van der Waals surface area contributed by atoms with E-state index >= 15 is 0 Å². The minimum atomic E-state index is 0.913. The van der Waals surface area contributed by atoms with E-state index in [0.717, 1.165) is 12.3 Å². The molecule has 0 radical (unpaired) electrons. The van der Waals surface area contributed by atoms with Crippen LogP contribution in [-0.4, -0.2) is 0 Å². The molecule has 2 aliphatic carbocycles. The summed E-state index contributed by atoms with van der Waals surface area (Å²) in [6.45, 7) is 0. The van der Waals surface area contributed by atoms with E-state index in [9.17, 15) is 0 Å². The second kappa shape index (κ2) is 2.45. The SMILES string of the molecule is C1=CCC=C(C2CC2)C=C1. The first-order chi connectivity index (χ1) is 4.97. The molecule has 0 bridgehead atoms. The highest BCUT2D eigenvalue weighted by Crippen LogP contribution is 2.37. The van der Waals surface area contributed by atoms with Gasteiger partial charge in [0.05, 0.1) is 0 Å². The Bertz CT molecular complexity index is 202. The van der Waals surface area contributed by atoms with Crippen molar-refractivity contribution in [1.82, 2.24) is 0 Å². The molecule has 1 saturated carbocycles. The molecule has 52 valence electrons. The molecule has 0 saturated heterocycles. The molecule has 0 aromatic rings. The Morgan fingerprint density at radius 3 is 2.90 bits per heavy atom. The molecule has 0 aliphatic heterocycles. The third-order valence-electron chi connectivity index (χ3n) is 2.07. The highest BCUT2D eigenvalue weighted by Gasteiger charge is 2.23. The molecule has 0 heteroatoms. The molecule has 0 aromatic heterocycles. The zero-order valence-electron chi connectivity index (χ0n) is 6.09. The monoisotopic (exact) mass is 132 g/mol. The molecule has 0 spiro atoms. The van der Waals surface area contributed by atoms with E-state index in [4.69, 9.17) is 0 Å². The van der Waals surface area contributed by atoms with Crippen LogP contribution < -0.4 is 0 Å². The van der Waals surface area contributed by atoms with E-state index in [2.05, 4.69) is 30.4 Å². The lowest BCUT2D eigenvalue weighted by Gasteiger charge is -1.93. The lowest BCUT2D eigenvalue weighted by atomic mass is 10.1. The Labute approximate surface area is 61.9 Å². The summed E-state index contributed by atoms with van der Waals surface area (Å²) in [4.78, 5) is 0. The normalized spacial score (nSPS) is 24.2. The van der Waals surface area contributed by atoms with Gasteiger partial charge in [-0.15, -0.1) is 0 Å². The zero-order valence-corrected chi connectivity index (χ0v) is 6.09. The van der Waals surface area contributed by atoms with Crippen LogP contribution >= 0.6 is 0 Å². The van der Waals surface area contributed by atoms with Crippen molar-refractivity contribution in [2.45, 2.75) is 19.3 Å². The van der Waals surface area contributed by atoms with Gasteiger partial charge in [0.25, 0.3) is 0 Å². The van der Waals surface area contributed by atoms with Gasteiger partial charge in [-0.1, -0.05) is 30.4 Å². The summed E-state index contributed by atoms with van der Waals surface area (Å²) in [7, 11) is 0. The van der Waals surface area contributed by atoms with E-state index in [1.54, 1.807) is 5.57 Å². The summed E-state index contributed by atoms with van der Waals surface area (Å²) < 4.78 is 0. The molecule has 0 nitrogen and oxygen atoms in total. The van der Waals surface area contributed by atoms with Gasteiger partial charge >= 0.3 is 0 Å². The van der Waals surface area contributed by atoms with Crippen LogP contribution in [0, 0.1) is 5.92 Å². The van der Waals surface area contributed by atoms with Crippen molar-refractivity contribution in [1.29, 1.82) is 0 Å². The molecule has 10 heavy (non-hydrogen) atoms. The molecular formula is C10H12. The Morgan fingerprint density at radius 2 is 2.10 bits per heavy atom. The fourth-order valence-corrected chi connectivity index (χ4v) is 1.32. The lowest BCUT2D eigenvalue weighted by Crippen LogP contribution is -1.77. The van der Waals surface area contributed by atoms with Crippen molar-refractivity contribution in [3.63, 3.8) is 0 Å². The van der Waals surface area contributed by atoms with Crippen LogP contribution in [0.5, 0.6) is 0 Å². The van der Waals surface area contributed by atoms with Crippen molar-refractivity contribution in [3.05, 3.63) is 36.0 Å². The van der Waals surface area contributed by atoms with Gasteiger partial charge in [0, 0.05) is 0 Å². The Kier molecular flexibility index (Phi) is 1.46. The third kappa shape index (κ3) is 1.21. The van der Waals surface area contributed by atoms with E-state index in [1.807, 2.05) is 0 Å². The van der Waals surface area contributed by atoms with Crippen molar-refractivity contribution in [3.8, 4) is 0 Å². The molecule has 0 amide bonds. The van der Waals surface area contributed by atoms with Crippen LogP contribution in [0.2, 0.25) is 0 Å². The fourth-order valence-electron chi connectivity index (χ4n) is 1.32. The summed E-state index contributed by atoms with van der Waals surface area (Å²) >= 11 is 0. The van der Waals surface area contributed by atoms with Crippen LogP contribution in [0.3, 0.4) is 0 Å². The summed E-state index contributed by atoms with van der Waals surface area (Å²) in [6.07, 6.45) is 15.0. The fraction of sp³-hybridized carbons (Fsp3) is 0.400. The van der Waals surface area contributed by atoms with Crippen molar-refractivity contribution in [2.24, 2.45) is 5.92 Å². The van der Waals surface area contributed by atoms with Crippen LogP contribution in [0.15, 0.2) is 36.0 Å². The highest BCUT2D eigenvalue weighted by molar-refractivity contribution is 5.30. The molecule has 2 aliphatic rings. The number of rotatable bonds is 1. The molecule has 0 N–H and O–H groups in total. The molecule has 2 rings (SSSR count). The minimum Gasteiger partial charge on any atom is -0.0807 e. The van der Waals surface area contributed by atoms with Crippen molar-refractivity contribution in [2.75, 3.05) is 0 Å². The smallest absolute Gasteiger partial charge is 0.0160 e. The van der Waals surface area contributed by atoms with Crippen molar-refractivity contribution >= 4 is 0 Å². The highest BCUT2D eigenvalue weighted by atomic mass is 14.3. The molecular weight excluding hydrogens is 120 g/mol. The Balaban J connectivity index is 2.12. The van der Waals surface area contributed by atoms with Gasteiger partial charge in [0.15, 0.2) is 0 Å². The number of hydrogen-bond acceptors (Lipinski definition) is 0. The molecule has 0 unspecified atom stereocenters. The quantitative estimate of drug-likeness (QED) is 0.514. The maximum absolute atomic E-state index is 2.34. The van der Waals surface area contributed by atoms with E-state index in [-0.39, 0.29) is 0 Å². The standard InChI is InChI=1S/C10H12/c1-2-4-6-9(5-3-1)10-7-8-10/h1-3,5-6,10H,4,7-8H2. The lowest BCUT2D eigenvalue weighted by molar-refractivity contribution is 1.04.